The molecular weight excluding hydrogens is 276 g/mol. The topological polar surface area (TPSA) is 98.5 Å². The van der Waals surface area contributed by atoms with Crippen molar-refractivity contribution in [2.75, 3.05) is 13.1 Å². The van der Waals surface area contributed by atoms with Crippen LogP contribution in [0.15, 0.2) is 16.3 Å². The summed E-state index contributed by atoms with van der Waals surface area (Å²) in [5.41, 5.74) is 0. The second-order valence-electron chi connectivity index (χ2n) is 3.32. The van der Waals surface area contributed by atoms with Crippen LogP contribution >= 0.6 is 11.3 Å². The zero-order valence-electron chi connectivity index (χ0n) is 9.66. The van der Waals surface area contributed by atoms with E-state index in [2.05, 4.69) is 0 Å². The number of nitriles is 1. The van der Waals surface area contributed by atoms with E-state index < -0.39 is 16.0 Å². The molecule has 18 heavy (non-hydrogen) atoms. The van der Waals surface area contributed by atoms with Gasteiger partial charge in [-0.3, -0.25) is 0 Å². The SMILES string of the molecule is CCN(CCC#N)S(=O)(=O)c1ccsc1C(=O)O. The highest BCUT2D eigenvalue weighted by molar-refractivity contribution is 7.89. The fraction of sp³-hybridized carbons (Fsp3) is 0.400. The van der Waals surface area contributed by atoms with Crippen LogP contribution in [0.5, 0.6) is 0 Å². The second kappa shape index (κ2) is 5.95. The number of hydrogen-bond donors (Lipinski definition) is 1. The summed E-state index contributed by atoms with van der Waals surface area (Å²) in [6, 6.07) is 3.14. The predicted octanol–water partition coefficient (Wildman–Crippen LogP) is 1.37. The van der Waals surface area contributed by atoms with Crippen LogP contribution in [0.4, 0.5) is 0 Å². The Morgan fingerprint density at radius 1 is 1.61 bits per heavy atom. The molecule has 0 atom stereocenters. The standard InChI is InChI=1S/C10H12N2O4S2/c1-2-12(6-3-5-11)18(15,16)8-4-7-17-9(8)10(13)14/h4,7H,2-3,6H2,1H3,(H,13,14). The molecule has 1 aromatic rings. The van der Waals surface area contributed by atoms with E-state index in [4.69, 9.17) is 10.4 Å². The summed E-state index contributed by atoms with van der Waals surface area (Å²) in [5.74, 6) is -1.26. The minimum atomic E-state index is -3.84. The van der Waals surface area contributed by atoms with Crippen molar-refractivity contribution < 1.29 is 18.3 Å². The van der Waals surface area contributed by atoms with E-state index in [1.165, 1.54) is 11.4 Å². The first-order chi connectivity index (χ1) is 8.45. The number of rotatable bonds is 6. The Morgan fingerprint density at radius 2 is 2.28 bits per heavy atom. The summed E-state index contributed by atoms with van der Waals surface area (Å²) in [7, 11) is -3.84. The smallest absolute Gasteiger partial charge is 0.347 e. The van der Waals surface area contributed by atoms with Crippen molar-refractivity contribution in [2.24, 2.45) is 0 Å². The Hall–Kier alpha value is -1.43. The van der Waals surface area contributed by atoms with Gasteiger partial charge in [-0.25, -0.2) is 13.2 Å². The number of nitrogens with zero attached hydrogens (tertiary/aromatic N) is 2. The molecule has 0 spiro atoms. The first kappa shape index (κ1) is 14.6. The molecule has 0 aliphatic heterocycles. The van der Waals surface area contributed by atoms with Crippen molar-refractivity contribution in [3.63, 3.8) is 0 Å². The molecule has 0 amide bonds. The third-order valence-corrected chi connectivity index (χ3v) is 5.32. The Bertz CT molecular complexity index is 571. The van der Waals surface area contributed by atoms with Gasteiger partial charge in [0.05, 0.1) is 6.07 Å². The molecule has 1 rings (SSSR count). The van der Waals surface area contributed by atoms with Crippen LogP contribution in [-0.4, -0.2) is 36.9 Å². The quantitative estimate of drug-likeness (QED) is 0.852. The summed E-state index contributed by atoms with van der Waals surface area (Å²) >= 11 is 0.866. The largest absolute Gasteiger partial charge is 0.477 e. The Labute approximate surface area is 109 Å². The molecule has 0 aliphatic carbocycles. The van der Waals surface area contributed by atoms with Gasteiger partial charge in [-0.05, 0) is 11.4 Å². The van der Waals surface area contributed by atoms with Crippen LogP contribution in [-0.2, 0) is 10.0 Å². The maximum Gasteiger partial charge on any atom is 0.347 e. The highest BCUT2D eigenvalue weighted by atomic mass is 32.2. The van der Waals surface area contributed by atoms with Crippen LogP contribution in [0, 0.1) is 11.3 Å². The second-order valence-corrected chi connectivity index (χ2v) is 6.15. The van der Waals surface area contributed by atoms with E-state index in [0.717, 1.165) is 15.6 Å². The summed E-state index contributed by atoms with van der Waals surface area (Å²) in [5, 5.41) is 18.8. The molecule has 1 heterocycles. The fourth-order valence-electron chi connectivity index (χ4n) is 1.42. The molecule has 0 aliphatic rings. The highest BCUT2D eigenvalue weighted by Gasteiger charge is 2.28. The van der Waals surface area contributed by atoms with Gasteiger partial charge >= 0.3 is 5.97 Å². The van der Waals surface area contributed by atoms with Crippen LogP contribution in [0.1, 0.15) is 23.0 Å². The van der Waals surface area contributed by atoms with Gasteiger partial charge in [0.1, 0.15) is 9.77 Å². The third kappa shape index (κ3) is 2.87. The van der Waals surface area contributed by atoms with E-state index in [9.17, 15) is 13.2 Å². The molecule has 0 unspecified atom stereocenters. The van der Waals surface area contributed by atoms with Gasteiger partial charge in [0.2, 0.25) is 10.0 Å². The van der Waals surface area contributed by atoms with Gasteiger partial charge in [0.15, 0.2) is 0 Å². The molecule has 8 heteroatoms. The number of carbonyl (C=O) groups is 1. The number of thiophene rings is 1. The molecular formula is C10H12N2O4S2. The summed E-state index contributed by atoms with van der Waals surface area (Å²) in [4.78, 5) is 10.5. The lowest BCUT2D eigenvalue weighted by molar-refractivity contribution is 0.0698. The van der Waals surface area contributed by atoms with Crippen molar-refractivity contribution in [3.05, 3.63) is 16.3 Å². The molecule has 98 valence electrons. The number of sulfonamides is 1. The van der Waals surface area contributed by atoms with Crippen LogP contribution in [0.25, 0.3) is 0 Å². The van der Waals surface area contributed by atoms with Gasteiger partial charge < -0.3 is 5.11 Å². The summed E-state index contributed by atoms with van der Waals surface area (Å²) < 4.78 is 25.5. The lowest BCUT2D eigenvalue weighted by Gasteiger charge is -2.18. The lowest BCUT2D eigenvalue weighted by atomic mass is 10.5. The molecule has 0 saturated heterocycles. The summed E-state index contributed by atoms with van der Waals surface area (Å²) in [6.45, 7) is 1.89. The average Bonchev–Trinajstić information content (AvgIpc) is 2.79. The Balaban J connectivity index is 3.16. The van der Waals surface area contributed by atoms with Crippen molar-refractivity contribution in [3.8, 4) is 6.07 Å². The van der Waals surface area contributed by atoms with Gasteiger partial charge in [0, 0.05) is 19.5 Å². The average molecular weight is 288 g/mol. The van der Waals surface area contributed by atoms with Crippen molar-refractivity contribution >= 4 is 27.3 Å². The zero-order valence-corrected chi connectivity index (χ0v) is 11.3. The number of carboxylic acids is 1. The van der Waals surface area contributed by atoms with Gasteiger partial charge in [-0.1, -0.05) is 6.92 Å². The van der Waals surface area contributed by atoms with E-state index in [0.29, 0.717) is 0 Å². The highest BCUT2D eigenvalue weighted by Crippen LogP contribution is 2.25. The minimum Gasteiger partial charge on any atom is -0.477 e. The minimum absolute atomic E-state index is 0.0598. The third-order valence-electron chi connectivity index (χ3n) is 2.27. The summed E-state index contributed by atoms with van der Waals surface area (Å²) in [6.07, 6.45) is 0.0691. The van der Waals surface area contributed by atoms with Crippen LogP contribution in [0.3, 0.4) is 0 Å². The van der Waals surface area contributed by atoms with Crippen LogP contribution in [0.2, 0.25) is 0 Å². The zero-order chi connectivity index (χ0) is 13.8. The monoisotopic (exact) mass is 288 g/mol. The molecule has 0 fully saturated rings. The first-order valence-electron chi connectivity index (χ1n) is 5.13. The van der Waals surface area contributed by atoms with Crippen molar-refractivity contribution in [2.45, 2.75) is 18.2 Å². The molecule has 1 aromatic heterocycles. The Morgan fingerprint density at radius 3 is 2.78 bits per heavy atom. The van der Waals surface area contributed by atoms with E-state index in [1.54, 1.807) is 6.92 Å². The number of aromatic carboxylic acids is 1. The predicted molar refractivity (Wildman–Crippen MR) is 65.9 cm³/mol. The molecule has 6 nitrogen and oxygen atoms in total. The molecule has 0 saturated carbocycles. The van der Waals surface area contributed by atoms with Crippen LogP contribution < -0.4 is 0 Å². The maximum absolute atomic E-state index is 12.2. The van der Waals surface area contributed by atoms with Crippen molar-refractivity contribution in [1.82, 2.24) is 4.31 Å². The number of hydrogen-bond acceptors (Lipinski definition) is 5. The lowest BCUT2D eigenvalue weighted by Crippen LogP contribution is -2.32. The van der Waals surface area contributed by atoms with Gasteiger partial charge in [-0.15, -0.1) is 11.3 Å². The molecule has 0 radical (unpaired) electrons. The molecule has 0 bridgehead atoms. The molecule has 1 N–H and O–H groups in total. The maximum atomic E-state index is 12.2. The van der Waals surface area contributed by atoms with E-state index >= 15 is 0 Å². The number of carboxylic acid groups (broad SMARTS) is 1. The first-order valence-corrected chi connectivity index (χ1v) is 7.45. The van der Waals surface area contributed by atoms with Crippen molar-refractivity contribution in [1.29, 1.82) is 5.26 Å². The van der Waals surface area contributed by atoms with Gasteiger partial charge in [0.25, 0.3) is 0 Å². The normalized spacial score (nSPS) is 11.4. The van der Waals surface area contributed by atoms with E-state index in [1.807, 2.05) is 6.07 Å². The Kier molecular flexibility index (Phi) is 4.84. The fourth-order valence-corrected chi connectivity index (χ4v) is 4.10. The van der Waals surface area contributed by atoms with Gasteiger partial charge in [-0.2, -0.15) is 9.57 Å². The van der Waals surface area contributed by atoms with E-state index in [-0.39, 0.29) is 29.3 Å². The molecule has 0 aromatic carbocycles.